The number of carbonyl (C=O) groups excluding carboxylic acids is 1. The van der Waals surface area contributed by atoms with Crippen LogP contribution >= 0.6 is 0 Å². The molecule has 0 aliphatic heterocycles. The lowest BCUT2D eigenvalue weighted by Crippen LogP contribution is -2.36. The minimum absolute atomic E-state index is 0.251. The van der Waals surface area contributed by atoms with Gasteiger partial charge in [0.2, 0.25) is 0 Å². The first-order valence-corrected chi connectivity index (χ1v) is 6.32. The summed E-state index contributed by atoms with van der Waals surface area (Å²) in [7, 11) is 3.34. The summed E-state index contributed by atoms with van der Waals surface area (Å²) in [6, 6.07) is 7.02. The molecule has 0 saturated heterocycles. The van der Waals surface area contributed by atoms with Gasteiger partial charge in [0.15, 0.2) is 0 Å². The third-order valence-electron chi connectivity index (χ3n) is 2.64. The van der Waals surface area contributed by atoms with E-state index in [0.717, 1.165) is 11.5 Å². The van der Waals surface area contributed by atoms with Gasteiger partial charge in [-0.1, -0.05) is 6.07 Å². The number of methoxy groups -OCH3 is 1. The van der Waals surface area contributed by atoms with E-state index in [1.54, 1.807) is 27.1 Å². The molecule has 5 nitrogen and oxygen atoms in total. The quantitative estimate of drug-likeness (QED) is 0.725. The van der Waals surface area contributed by atoms with Gasteiger partial charge in [0, 0.05) is 12.5 Å². The molecule has 0 amide bonds. The molecule has 0 bridgehead atoms. The number of benzene rings is 1. The number of carbonyl (C=O) groups is 1. The molecule has 1 aromatic rings. The maximum Gasteiger partial charge on any atom is 0.323 e. The topological polar surface area (TPSA) is 56.8 Å². The largest absolute Gasteiger partial charge is 0.497 e. The van der Waals surface area contributed by atoms with Gasteiger partial charge in [0.1, 0.15) is 17.5 Å². The van der Waals surface area contributed by atoms with E-state index in [2.05, 4.69) is 5.32 Å². The van der Waals surface area contributed by atoms with Gasteiger partial charge in [-0.3, -0.25) is 4.79 Å². The number of ether oxygens (including phenoxy) is 3. The van der Waals surface area contributed by atoms with E-state index in [4.69, 9.17) is 14.2 Å². The summed E-state index contributed by atoms with van der Waals surface area (Å²) in [5.74, 6) is 1.21. The van der Waals surface area contributed by atoms with Crippen LogP contribution in [0.4, 0.5) is 0 Å². The lowest BCUT2D eigenvalue weighted by atomic mass is 10.2. The summed E-state index contributed by atoms with van der Waals surface area (Å²) in [5.41, 5.74) is 0. The molecule has 1 rings (SSSR count). The summed E-state index contributed by atoms with van der Waals surface area (Å²) in [6.07, 6.45) is 0.548. The summed E-state index contributed by atoms with van der Waals surface area (Å²) in [5, 5.41) is 2.92. The van der Waals surface area contributed by atoms with Crippen molar-refractivity contribution in [3.8, 4) is 11.5 Å². The predicted octanol–water partition coefficient (Wildman–Crippen LogP) is 1.62. The monoisotopic (exact) mass is 267 g/mol. The first kappa shape index (κ1) is 15.3. The van der Waals surface area contributed by atoms with Crippen molar-refractivity contribution in [3.05, 3.63) is 24.3 Å². The van der Waals surface area contributed by atoms with Gasteiger partial charge in [-0.05, 0) is 26.1 Å². The third kappa shape index (κ3) is 5.18. The molecule has 0 saturated carbocycles. The maximum atomic E-state index is 11.6. The van der Waals surface area contributed by atoms with Crippen LogP contribution in [0.5, 0.6) is 11.5 Å². The second-order valence-electron chi connectivity index (χ2n) is 3.91. The average molecular weight is 267 g/mol. The fourth-order valence-electron chi connectivity index (χ4n) is 1.61. The second kappa shape index (κ2) is 8.37. The zero-order valence-electron chi connectivity index (χ0n) is 11.6. The highest BCUT2D eigenvalue weighted by Crippen LogP contribution is 2.19. The Balaban J connectivity index is 2.41. The van der Waals surface area contributed by atoms with Crippen LogP contribution in [-0.4, -0.2) is 39.4 Å². The van der Waals surface area contributed by atoms with Crippen LogP contribution < -0.4 is 14.8 Å². The molecule has 1 unspecified atom stereocenters. The summed E-state index contributed by atoms with van der Waals surface area (Å²) in [6.45, 7) is 2.60. The zero-order chi connectivity index (χ0) is 14.1. The first-order valence-electron chi connectivity index (χ1n) is 6.32. The highest BCUT2D eigenvalue weighted by molar-refractivity contribution is 5.75. The van der Waals surface area contributed by atoms with Gasteiger partial charge >= 0.3 is 5.97 Å². The molecule has 0 fully saturated rings. The van der Waals surface area contributed by atoms with Gasteiger partial charge < -0.3 is 19.5 Å². The van der Waals surface area contributed by atoms with Crippen molar-refractivity contribution in [1.82, 2.24) is 5.32 Å². The molecule has 5 heteroatoms. The van der Waals surface area contributed by atoms with Crippen LogP contribution in [0, 0.1) is 0 Å². The van der Waals surface area contributed by atoms with Crippen LogP contribution in [-0.2, 0) is 9.53 Å². The summed E-state index contributed by atoms with van der Waals surface area (Å²) < 4.78 is 15.6. The minimum Gasteiger partial charge on any atom is -0.497 e. The Labute approximate surface area is 113 Å². The molecular formula is C14H21NO4. The van der Waals surface area contributed by atoms with Crippen LogP contribution in [0.3, 0.4) is 0 Å². The average Bonchev–Trinajstić information content (AvgIpc) is 2.44. The molecule has 0 heterocycles. The number of rotatable bonds is 8. The van der Waals surface area contributed by atoms with Crippen molar-refractivity contribution in [2.24, 2.45) is 0 Å². The molecule has 1 atom stereocenters. The lowest BCUT2D eigenvalue weighted by Gasteiger charge is -2.15. The van der Waals surface area contributed by atoms with Crippen molar-refractivity contribution in [2.75, 3.05) is 27.4 Å². The number of hydrogen-bond donors (Lipinski definition) is 1. The number of esters is 1. The standard InChI is InChI=1S/C14H21NO4/c1-4-18-14(16)13(15-2)8-9-19-12-7-5-6-11(10-12)17-3/h5-7,10,13,15H,4,8-9H2,1-3H3. The SMILES string of the molecule is CCOC(=O)C(CCOc1cccc(OC)c1)NC. The predicted molar refractivity (Wildman–Crippen MR) is 72.6 cm³/mol. The minimum atomic E-state index is -0.342. The molecule has 19 heavy (non-hydrogen) atoms. The zero-order valence-corrected chi connectivity index (χ0v) is 11.6. The molecular weight excluding hydrogens is 246 g/mol. The summed E-state index contributed by atoms with van der Waals surface area (Å²) in [4.78, 5) is 11.6. The first-order chi connectivity index (χ1) is 9.21. The summed E-state index contributed by atoms with van der Waals surface area (Å²) >= 11 is 0. The van der Waals surface area contributed by atoms with Crippen molar-refractivity contribution < 1.29 is 19.0 Å². The van der Waals surface area contributed by atoms with Gasteiger partial charge in [-0.25, -0.2) is 0 Å². The molecule has 0 spiro atoms. The Morgan fingerprint density at radius 2 is 2.11 bits per heavy atom. The van der Waals surface area contributed by atoms with Gasteiger partial charge in [-0.2, -0.15) is 0 Å². The highest BCUT2D eigenvalue weighted by Gasteiger charge is 2.17. The van der Waals surface area contributed by atoms with Crippen LogP contribution in [0.1, 0.15) is 13.3 Å². The Morgan fingerprint density at radius 3 is 2.74 bits per heavy atom. The Hall–Kier alpha value is -1.75. The Morgan fingerprint density at radius 1 is 1.37 bits per heavy atom. The van der Waals surface area contributed by atoms with Gasteiger partial charge in [0.05, 0.1) is 20.3 Å². The number of nitrogens with one attached hydrogen (secondary N) is 1. The molecule has 106 valence electrons. The number of likely N-dealkylation sites (N-methyl/N-ethyl adjacent to an activating group) is 1. The third-order valence-corrected chi connectivity index (χ3v) is 2.64. The molecule has 0 aliphatic carbocycles. The van der Waals surface area contributed by atoms with Crippen LogP contribution in [0.2, 0.25) is 0 Å². The number of hydrogen-bond acceptors (Lipinski definition) is 5. The lowest BCUT2D eigenvalue weighted by molar-refractivity contribution is -0.145. The molecule has 1 N–H and O–H groups in total. The second-order valence-corrected chi connectivity index (χ2v) is 3.91. The van der Waals surface area contributed by atoms with Crippen molar-refractivity contribution >= 4 is 5.97 Å². The van der Waals surface area contributed by atoms with Crippen LogP contribution in [0.15, 0.2) is 24.3 Å². The van der Waals surface area contributed by atoms with Crippen molar-refractivity contribution in [3.63, 3.8) is 0 Å². The smallest absolute Gasteiger partial charge is 0.323 e. The van der Waals surface area contributed by atoms with E-state index in [0.29, 0.717) is 19.6 Å². The van der Waals surface area contributed by atoms with E-state index < -0.39 is 0 Å². The van der Waals surface area contributed by atoms with E-state index in [1.165, 1.54) is 0 Å². The Kier molecular flexibility index (Phi) is 6.74. The Bertz CT molecular complexity index is 395. The van der Waals surface area contributed by atoms with Crippen molar-refractivity contribution in [1.29, 1.82) is 0 Å². The highest BCUT2D eigenvalue weighted by atomic mass is 16.5. The molecule has 1 aromatic carbocycles. The fourth-order valence-corrected chi connectivity index (χ4v) is 1.61. The van der Waals surface area contributed by atoms with Crippen LogP contribution in [0.25, 0.3) is 0 Å². The van der Waals surface area contributed by atoms with Gasteiger partial charge in [0.25, 0.3) is 0 Å². The molecule has 0 aliphatic rings. The fraction of sp³-hybridized carbons (Fsp3) is 0.500. The normalized spacial score (nSPS) is 11.7. The molecule has 0 aromatic heterocycles. The maximum absolute atomic E-state index is 11.6. The van der Waals surface area contributed by atoms with E-state index in [1.807, 2.05) is 18.2 Å². The molecule has 0 radical (unpaired) electrons. The van der Waals surface area contributed by atoms with Crippen molar-refractivity contribution in [2.45, 2.75) is 19.4 Å². The van der Waals surface area contributed by atoms with E-state index in [9.17, 15) is 4.79 Å². The van der Waals surface area contributed by atoms with Gasteiger partial charge in [-0.15, -0.1) is 0 Å². The van der Waals surface area contributed by atoms with E-state index in [-0.39, 0.29) is 12.0 Å². The van der Waals surface area contributed by atoms with E-state index >= 15 is 0 Å².